The van der Waals surface area contributed by atoms with Crippen LogP contribution in [0.3, 0.4) is 0 Å². The summed E-state index contributed by atoms with van der Waals surface area (Å²) in [6.45, 7) is -1.64. The Balaban J connectivity index is 3.23. The number of hydrogen-bond acceptors (Lipinski definition) is 0. The van der Waals surface area contributed by atoms with Crippen LogP contribution >= 0.6 is 0 Å². The molecule has 10 heavy (non-hydrogen) atoms. The van der Waals surface area contributed by atoms with E-state index in [4.69, 9.17) is 2.74 Å². The fraction of sp³-hybridized carbons (Fsp3) is 0.143. The summed E-state index contributed by atoms with van der Waals surface area (Å²) < 4.78 is 50.9. The van der Waals surface area contributed by atoms with Gasteiger partial charge in [-0.3, -0.25) is 0 Å². The summed E-state index contributed by atoms with van der Waals surface area (Å²) in [6.07, 6.45) is 0. The standard InChI is InChI=1S/C7H5F3/c1-4-2-6(9)7(10)3-5(4)8/h2-3H,1H3/i1D2. The van der Waals surface area contributed by atoms with E-state index < -0.39 is 29.9 Å². The van der Waals surface area contributed by atoms with Crippen LogP contribution in [0.25, 0.3) is 0 Å². The predicted molar refractivity (Wildman–Crippen MR) is 31.1 cm³/mol. The lowest BCUT2D eigenvalue weighted by Gasteiger charge is -1.95. The minimum Gasteiger partial charge on any atom is -0.207 e. The minimum atomic E-state index is -1.64. The molecule has 0 heterocycles. The molecule has 54 valence electrons. The zero-order chi connectivity index (χ0) is 9.30. The second-order valence-electron chi connectivity index (χ2n) is 1.79. The summed E-state index contributed by atoms with van der Waals surface area (Å²) in [6, 6.07) is 0.857. The van der Waals surface area contributed by atoms with Crippen molar-refractivity contribution in [3.63, 3.8) is 0 Å². The van der Waals surface area contributed by atoms with Gasteiger partial charge in [0.05, 0.1) is 0 Å². The molecule has 0 saturated heterocycles. The first-order valence-electron chi connectivity index (χ1n) is 3.67. The molecule has 0 unspecified atom stereocenters. The molecule has 0 aromatic heterocycles. The first-order valence-corrected chi connectivity index (χ1v) is 2.51. The van der Waals surface area contributed by atoms with E-state index in [0.29, 0.717) is 12.1 Å². The average Bonchev–Trinajstić information content (AvgIpc) is 1.96. The first kappa shape index (κ1) is 4.77. The van der Waals surface area contributed by atoms with E-state index >= 15 is 0 Å². The van der Waals surface area contributed by atoms with Gasteiger partial charge in [0, 0.05) is 8.81 Å². The van der Waals surface area contributed by atoms with E-state index in [-0.39, 0.29) is 0 Å². The van der Waals surface area contributed by atoms with Crippen molar-refractivity contribution in [1.82, 2.24) is 0 Å². The SMILES string of the molecule is [2H]C([2H])c1cc(F)c(F)cc1F. The number of hydrogen-bond donors (Lipinski definition) is 0. The summed E-state index contributed by atoms with van der Waals surface area (Å²) in [7, 11) is 0. The highest BCUT2D eigenvalue weighted by molar-refractivity contribution is 5.17. The van der Waals surface area contributed by atoms with E-state index in [0.717, 1.165) is 0 Å². The maximum atomic E-state index is 12.6. The van der Waals surface area contributed by atoms with E-state index in [1.54, 1.807) is 0 Å². The predicted octanol–water partition coefficient (Wildman–Crippen LogP) is 2.41. The molecule has 1 aromatic carbocycles. The Bertz CT molecular complexity index is 299. The maximum Gasteiger partial charge on any atom is 0.161 e. The lowest BCUT2D eigenvalue weighted by molar-refractivity contribution is 0.492. The van der Waals surface area contributed by atoms with Gasteiger partial charge in [0.25, 0.3) is 0 Å². The van der Waals surface area contributed by atoms with E-state index in [2.05, 4.69) is 0 Å². The smallest absolute Gasteiger partial charge is 0.161 e. The van der Waals surface area contributed by atoms with Crippen LogP contribution in [-0.2, 0) is 0 Å². The second-order valence-corrected chi connectivity index (χ2v) is 1.79. The monoisotopic (exact) mass is 148 g/mol. The Hall–Kier alpha value is -0.990. The molecule has 0 aliphatic carbocycles. The topological polar surface area (TPSA) is 0 Å². The summed E-state index contributed by atoms with van der Waals surface area (Å²) in [5, 5.41) is 0. The van der Waals surface area contributed by atoms with Crippen LogP contribution in [0.5, 0.6) is 0 Å². The minimum absolute atomic E-state index is 0.334. The number of aryl methyl sites for hydroxylation is 1. The third-order valence-corrected chi connectivity index (χ3v) is 1.04. The fourth-order valence-electron chi connectivity index (χ4n) is 0.538. The molecule has 0 atom stereocenters. The molecule has 1 aromatic rings. The van der Waals surface area contributed by atoms with Crippen LogP contribution in [0, 0.1) is 24.3 Å². The number of rotatable bonds is 0. The molecular weight excluding hydrogens is 141 g/mol. The average molecular weight is 148 g/mol. The molecule has 0 bridgehead atoms. The van der Waals surface area contributed by atoms with Crippen LogP contribution in [0.4, 0.5) is 13.2 Å². The Kier molecular flexibility index (Phi) is 1.11. The van der Waals surface area contributed by atoms with Gasteiger partial charge in [0.15, 0.2) is 11.6 Å². The van der Waals surface area contributed by atoms with Crippen molar-refractivity contribution in [1.29, 1.82) is 0 Å². The third kappa shape index (κ3) is 1.12. The van der Waals surface area contributed by atoms with Crippen molar-refractivity contribution >= 4 is 0 Å². The highest BCUT2D eigenvalue weighted by Gasteiger charge is 2.04. The Labute approximate surface area is 59.1 Å². The second kappa shape index (κ2) is 2.33. The molecule has 1 rings (SSSR count). The van der Waals surface area contributed by atoms with Crippen LogP contribution in [0.1, 0.15) is 8.30 Å². The lowest BCUT2D eigenvalue weighted by Crippen LogP contribution is -1.89. The number of benzene rings is 1. The van der Waals surface area contributed by atoms with Gasteiger partial charge in [-0.1, -0.05) is 0 Å². The molecule has 0 amide bonds. The molecule has 0 aliphatic rings. The van der Waals surface area contributed by atoms with Crippen molar-refractivity contribution in [2.45, 2.75) is 6.88 Å². The van der Waals surface area contributed by atoms with Gasteiger partial charge in [-0.25, -0.2) is 13.2 Å². The first-order chi connectivity index (χ1) is 5.52. The molecule has 0 N–H and O–H groups in total. The fourth-order valence-corrected chi connectivity index (χ4v) is 0.538. The quantitative estimate of drug-likeness (QED) is 0.495. The molecule has 0 aliphatic heterocycles. The largest absolute Gasteiger partial charge is 0.207 e. The van der Waals surface area contributed by atoms with Gasteiger partial charge < -0.3 is 0 Å². The molecule has 0 fully saturated rings. The molecule has 0 spiro atoms. The van der Waals surface area contributed by atoms with Gasteiger partial charge in [0.1, 0.15) is 5.82 Å². The van der Waals surface area contributed by atoms with Gasteiger partial charge in [-0.05, 0) is 18.5 Å². The van der Waals surface area contributed by atoms with Crippen molar-refractivity contribution < 1.29 is 15.9 Å². The van der Waals surface area contributed by atoms with Gasteiger partial charge in [0.2, 0.25) is 0 Å². The summed E-state index contributed by atoms with van der Waals surface area (Å²) >= 11 is 0. The molecule has 0 saturated carbocycles. The summed E-state index contributed by atoms with van der Waals surface area (Å²) in [5.74, 6) is -3.61. The van der Waals surface area contributed by atoms with E-state index in [1.165, 1.54) is 0 Å². The van der Waals surface area contributed by atoms with Crippen LogP contribution < -0.4 is 0 Å². The van der Waals surface area contributed by atoms with Gasteiger partial charge >= 0.3 is 0 Å². The van der Waals surface area contributed by atoms with Gasteiger partial charge in [-0.2, -0.15) is 0 Å². The third-order valence-electron chi connectivity index (χ3n) is 1.04. The highest BCUT2D eigenvalue weighted by atomic mass is 19.2. The Morgan fingerprint density at radius 1 is 1.10 bits per heavy atom. The van der Waals surface area contributed by atoms with Crippen molar-refractivity contribution in [2.75, 3.05) is 0 Å². The normalized spacial score (nSPS) is 13.2. The summed E-state index contributed by atoms with van der Waals surface area (Å²) in [4.78, 5) is 0. The van der Waals surface area contributed by atoms with Crippen LogP contribution in [-0.4, -0.2) is 0 Å². The van der Waals surface area contributed by atoms with E-state index in [1.807, 2.05) is 0 Å². The Morgan fingerprint density at radius 3 is 2.30 bits per heavy atom. The van der Waals surface area contributed by atoms with Crippen LogP contribution in [0.15, 0.2) is 12.1 Å². The van der Waals surface area contributed by atoms with Crippen LogP contribution in [0.2, 0.25) is 0 Å². The van der Waals surface area contributed by atoms with Crippen molar-refractivity contribution in [2.24, 2.45) is 0 Å². The molecule has 3 heteroatoms. The highest BCUT2D eigenvalue weighted by Crippen LogP contribution is 2.11. The zero-order valence-corrected chi connectivity index (χ0v) is 4.87. The zero-order valence-electron chi connectivity index (χ0n) is 6.87. The van der Waals surface area contributed by atoms with E-state index in [9.17, 15) is 13.2 Å². The Morgan fingerprint density at radius 2 is 1.70 bits per heavy atom. The molecular formula is C7H5F3. The number of halogens is 3. The summed E-state index contributed by atoms with van der Waals surface area (Å²) in [5.41, 5.74) is -0.464. The van der Waals surface area contributed by atoms with Gasteiger partial charge in [-0.15, -0.1) is 0 Å². The molecule has 0 nitrogen and oxygen atoms in total. The molecule has 0 radical (unpaired) electrons. The van der Waals surface area contributed by atoms with Crippen molar-refractivity contribution in [3.8, 4) is 0 Å². The van der Waals surface area contributed by atoms with Crippen molar-refractivity contribution in [3.05, 3.63) is 35.1 Å². The maximum absolute atomic E-state index is 12.6. The lowest BCUT2D eigenvalue weighted by atomic mass is 10.2.